The van der Waals surface area contributed by atoms with Crippen LogP contribution >= 0.6 is 39.0 Å². The average molecular weight is 434 g/mol. The van der Waals surface area contributed by atoms with Crippen LogP contribution in [0.3, 0.4) is 0 Å². The van der Waals surface area contributed by atoms with Crippen LogP contribution in [0.1, 0.15) is 39.8 Å². The van der Waals surface area contributed by atoms with Crippen molar-refractivity contribution in [1.82, 2.24) is 5.32 Å². The number of thiophene rings is 1. The average Bonchev–Trinajstić information content (AvgIpc) is 2.96. The molecule has 0 fully saturated rings. The second-order valence-corrected chi connectivity index (χ2v) is 9.87. The van der Waals surface area contributed by atoms with Crippen molar-refractivity contribution in [2.24, 2.45) is 5.92 Å². The lowest BCUT2D eigenvalue weighted by atomic mass is 9.88. The van der Waals surface area contributed by atoms with E-state index in [2.05, 4.69) is 34.2 Å². The number of hydrogen-bond donors (Lipinski definition) is 1. The third kappa shape index (κ3) is 3.74. The highest BCUT2D eigenvalue weighted by atomic mass is 79.9. The first-order chi connectivity index (χ1) is 12.1. The predicted octanol–water partition coefficient (Wildman–Crippen LogP) is 5.54. The number of benzene rings is 1. The second-order valence-electron chi connectivity index (χ2n) is 6.80. The van der Waals surface area contributed by atoms with E-state index in [0.29, 0.717) is 6.54 Å². The summed E-state index contributed by atoms with van der Waals surface area (Å²) >= 11 is 7.05. The molecule has 0 saturated carbocycles. The molecule has 1 amide bonds. The van der Waals surface area contributed by atoms with Gasteiger partial charge >= 0.3 is 0 Å². The van der Waals surface area contributed by atoms with Gasteiger partial charge in [-0.25, -0.2) is 0 Å². The first-order valence-corrected chi connectivity index (χ1v) is 11.2. The third-order valence-electron chi connectivity index (χ3n) is 4.85. The minimum Gasteiger partial charge on any atom is -0.348 e. The standard InChI is InChI=1S/C20H20BrNOS2/c1-12-5-6-15-16-11-24-19(9-18(16)25-17(15)7-12)20(23)22-10-13-3-2-4-14(21)8-13/h2-4,8-9,12H,5-7,10-11H2,1H3,(H,22,23). The van der Waals surface area contributed by atoms with E-state index in [9.17, 15) is 4.79 Å². The van der Waals surface area contributed by atoms with Crippen LogP contribution in [-0.4, -0.2) is 5.91 Å². The van der Waals surface area contributed by atoms with Crippen LogP contribution in [-0.2, 0) is 29.9 Å². The van der Waals surface area contributed by atoms with Gasteiger partial charge in [0, 0.05) is 26.5 Å². The van der Waals surface area contributed by atoms with Gasteiger partial charge in [0.1, 0.15) is 0 Å². The van der Waals surface area contributed by atoms with E-state index >= 15 is 0 Å². The maximum absolute atomic E-state index is 12.6. The highest BCUT2D eigenvalue weighted by molar-refractivity contribution is 9.10. The van der Waals surface area contributed by atoms with E-state index in [1.807, 2.05) is 35.6 Å². The number of nitrogens with one attached hydrogen (secondary N) is 1. The number of amides is 1. The lowest BCUT2D eigenvalue weighted by Gasteiger charge is -2.20. The van der Waals surface area contributed by atoms with Crippen molar-refractivity contribution in [2.45, 2.75) is 38.5 Å². The number of halogens is 1. The number of fused-ring (bicyclic) bond motifs is 3. The molecule has 1 aliphatic heterocycles. The van der Waals surface area contributed by atoms with Crippen molar-refractivity contribution in [3.63, 3.8) is 0 Å². The zero-order valence-corrected chi connectivity index (χ0v) is 17.3. The van der Waals surface area contributed by atoms with E-state index in [1.165, 1.54) is 29.7 Å². The highest BCUT2D eigenvalue weighted by Crippen LogP contribution is 2.43. The molecule has 1 aromatic carbocycles. The normalized spacial score (nSPS) is 19.0. The fraction of sp³-hybridized carbons (Fsp3) is 0.350. The van der Waals surface area contributed by atoms with Gasteiger partial charge in [0.2, 0.25) is 0 Å². The van der Waals surface area contributed by atoms with Crippen LogP contribution in [0, 0.1) is 5.92 Å². The molecular formula is C20H20BrNOS2. The maximum Gasteiger partial charge on any atom is 0.258 e. The van der Waals surface area contributed by atoms with Crippen molar-refractivity contribution in [2.75, 3.05) is 0 Å². The largest absolute Gasteiger partial charge is 0.348 e. The first-order valence-electron chi connectivity index (χ1n) is 8.60. The zero-order chi connectivity index (χ0) is 17.4. The van der Waals surface area contributed by atoms with Gasteiger partial charge in [0.15, 0.2) is 0 Å². The van der Waals surface area contributed by atoms with Gasteiger partial charge in [-0.3, -0.25) is 4.79 Å². The Morgan fingerprint density at radius 2 is 2.24 bits per heavy atom. The quantitative estimate of drug-likeness (QED) is 0.687. The minimum absolute atomic E-state index is 0.0374. The summed E-state index contributed by atoms with van der Waals surface area (Å²) in [5.41, 5.74) is 4.17. The van der Waals surface area contributed by atoms with Crippen molar-refractivity contribution in [1.29, 1.82) is 0 Å². The molecule has 2 nitrogen and oxygen atoms in total. The van der Waals surface area contributed by atoms with E-state index in [0.717, 1.165) is 26.6 Å². The van der Waals surface area contributed by atoms with Gasteiger partial charge in [0.25, 0.3) is 5.91 Å². The molecular weight excluding hydrogens is 414 g/mol. The number of carbonyl (C=O) groups excluding carboxylic acids is 1. The number of thioether (sulfide) groups is 1. The van der Waals surface area contributed by atoms with Gasteiger partial charge in [-0.15, -0.1) is 23.1 Å². The molecule has 2 heterocycles. The summed E-state index contributed by atoms with van der Waals surface area (Å²) in [6.07, 6.45) is 5.81. The van der Waals surface area contributed by atoms with Crippen LogP contribution in [0.15, 0.2) is 33.6 Å². The molecule has 0 bridgehead atoms. The fourth-order valence-electron chi connectivity index (χ4n) is 3.47. The molecule has 2 aromatic rings. The SMILES string of the molecule is CC1CCc2c(sc3c2CSC(C(=O)NCc2cccc(Br)c2)=C3)C1. The molecule has 5 heteroatoms. The Morgan fingerprint density at radius 1 is 1.36 bits per heavy atom. The minimum atomic E-state index is 0.0374. The Bertz CT molecular complexity index is 855. The molecule has 1 atom stereocenters. The second kappa shape index (κ2) is 7.29. The Balaban J connectivity index is 1.48. The van der Waals surface area contributed by atoms with Gasteiger partial charge in [-0.05, 0) is 60.1 Å². The van der Waals surface area contributed by atoms with Crippen LogP contribution in [0.25, 0.3) is 6.08 Å². The summed E-state index contributed by atoms with van der Waals surface area (Å²) in [7, 11) is 0. The van der Waals surface area contributed by atoms with Crippen LogP contribution in [0.5, 0.6) is 0 Å². The molecule has 0 radical (unpaired) electrons. The van der Waals surface area contributed by atoms with Crippen molar-refractivity contribution in [3.8, 4) is 0 Å². The lowest BCUT2D eigenvalue weighted by Crippen LogP contribution is -2.24. The number of rotatable bonds is 3. The van der Waals surface area contributed by atoms with Gasteiger partial charge in [-0.2, -0.15) is 0 Å². The number of carbonyl (C=O) groups is 1. The molecule has 1 unspecified atom stereocenters. The smallest absolute Gasteiger partial charge is 0.258 e. The Hall–Kier alpha value is -1.04. The van der Waals surface area contributed by atoms with Crippen LogP contribution in [0.2, 0.25) is 0 Å². The van der Waals surface area contributed by atoms with E-state index in [4.69, 9.17) is 0 Å². The molecule has 130 valence electrons. The van der Waals surface area contributed by atoms with Crippen LogP contribution in [0.4, 0.5) is 0 Å². The monoisotopic (exact) mass is 433 g/mol. The van der Waals surface area contributed by atoms with Gasteiger partial charge in [-0.1, -0.05) is 35.0 Å². The topological polar surface area (TPSA) is 29.1 Å². The Labute approximate surface area is 165 Å². The van der Waals surface area contributed by atoms with E-state index < -0.39 is 0 Å². The molecule has 0 saturated heterocycles. The molecule has 25 heavy (non-hydrogen) atoms. The molecule has 1 N–H and O–H groups in total. The lowest BCUT2D eigenvalue weighted by molar-refractivity contribution is -0.116. The molecule has 2 aliphatic rings. The summed E-state index contributed by atoms with van der Waals surface area (Å²) in [5.74, 6) is 1.76. The van der Waals surface area contributed by atoms with E-state index in [1.54, 1.807) is 22.2 Å². The van der Waals surface area contributed by atoms with Gasteiger partial charge in [0.05, 0.1) is 4.91 Å². The van der Waals surface area contributed by atoms with Crippen molar-refractivity contribution >= 4 is 51.0 Å². The Morgan fingerprint density at radius 3 is 3.08 bits per heavy atom. The van der Waals surface area contributed by atoms with Crippen molar-refractivity contribution < 1.29 is 4.79 Å². The highest BCUT2D eigenvalue weighted by Gasteiger charge is 2.26. The molecule has 1 aliphatic carbocycles. The fourth-order valence-corrected chi connectivity index (χ4v) is 6.59. The Kier molecular flexibility index (Phi) is 5.07. The number of hydrogen-bond acceptors (Lipinski definition) is 3. The van der Waals surface area contributed by atoms with Crippen molar-refractivity contribution in [3.05, 3.63) is 60.1 Å². The summed E-state index contributed by atoms with van der Waals surface area (Å²) in [4.78, 5) is 16.3. The van der Waals surface area contributed by atoms with E-state index in [-0.39, 0.29) is 5.91 Å². The predicted molar refractivity (Wildman–Crippen MR) is 111 cm³/mol. The summed E-state index contributed by atoms with van der Waals surface area (Å²) < 4.78 is 1.04. The molecule has 4 rings (SSSR count). The molecule has 1 aromatic heterocycles. The first kappa shape index (κ1) is 17.4. The van der Waals surface area contributed by atoms with Crippen LogP contribution < -0.4 is 5.32 Å². The summed E-state index contributed by atoms with van der Waals surface area (Å²) in [6.45, 7) is 2.90. The third-order valence-corrected chi connectivity index (χ3v) is 7.64. The van der Waals surface area contributed by atoms with Gasteiger partial charge < -0.3 is 5.32 Å². The molecule has 0 spiro atoms. The maximum atomic E-state index is 12.6. The summed E-state index contributed by atoms with van der Waals surface area (Å²) in [5, 5.41) is 3.05. The summed E-state index contributed by atoms with van der Waals surface area (Å²) in [6, 6.07) is 8.05. The zero-order valence-electron chi connectivity index (χ0n) is 14.1.